The molecule has 0 aliphatic rings. The van der Waals surface area contributed by atoms with Gasteiger partial charge in [0.15, 0.2) is 0 Å². The van der Waals surface area contributed by atoms with E-state index >= 15 is 0 Å². The predicted molar refractivity (Wildman–Crippen MR) is 86.4 cm³/mol. The maximum atomic E-state index is 13.0. The van der Waals surface area contributed by atoms with Crippen molar-refractivity contribution >= 4 is 28.9 Å². The first kappa shape index (κ1) is 15.6. The molecule has 0 spiro atoms. The lowest BCUT2D eigenvalue weighted by molar-refractivity contribution is -0.402. The summed E-state index contributed by atoms with van der Waals surface area (Å²) in [6, 6.07) is 10.5. The Labute approximate surface area is 139 Å². The van der Waals surface area contributed by atoms with Gasteiger partial charge in [-0.15, -0.1) is 11.3 Å². The fourth-order valence-electron chi connectivity index (χ4n) is 1.95. The number of rotatable bonds is 4. The van der Waals surface area contributed by atoms with Crippen LogP contribution >= 0.6 is 11.3 Å². The van der Waals surface area contributed by atoms with E-state index in [1.54, 1.807) is 17.5 Å². The monoisotopic (exact) mass is 341 g/mol. The van der Waals surface area contributed by atoms with Crippen molar-refractivity contribution < 1.29 is 13.7 Å². The first-order chi connectivity index (χ1) is 11.6. The van der Waals surface area contributed by atoms with Gasteiger partial charge in [-0.2, -0.15) is 5.26 Å². The normalized spacial score (nSPS) is 11.2. The molecule has 3 rings (SSSR count). The third kappa shape index (κ3) is 3.21. The molecule has 6 nitrogen and oxygen atoms in total. The molecule has 118 valence electrons. The number of allylic oxidation sites excluding steroid dienone is 1. The van der Waals surface area contributed by atoms with Crippen molar-refractivity contribution in [3.8, 4) is 17.3 Å². The number of aromatic nitrogens is 1. The van der Waals surface area contributed by atoms with Crippen molar-refractivity contribution in [1.82, 2.24) is 4.98 Å². The minimum atomic E-state index is -0.653. The van der Waals surface area contributed by atoms with Gasteiger partial charge in [-0.25, -0.2) is 9.37 Å². The first-order valence-corrected chi connectivity index (χ1v) is 7.52. The molecular weight excluding hydrogens is 333 g/mol. The lowest BCUT2D eigenvalue weighted by Gasteiger charge is -1.95. The van der Waals surface area contributed by atoms with Crippen molar-refractivity contribution in [2.45, 2.75) is 0 Å². The highest BCUT2D eigenvalue weighted by molar-refractivity contribution is 7.11. The fraction of sp³-hybridized carbons (Fsp3) is 0. The summed E-state index contributed by atoms with van der Waals surface area (Å²) in [5.74, 6) is -0.548. The maximum Gasteiger partial charge on any atom is 0.433 e. The van der Waals surface area contributed by atoms with E-state index in [0.717, 1.165) is 5.56 Å². The second-order valence-electron chi connectivity index (χ2n) is 4.65. The Hall–Kier alpha value is -3.31. The van der Waals surface area contributed by atoms with Gasteiger partial charge in [-0.3, -0.25) is 10.1 Å². The molecule has 0 radical (unpaired) electrons. The first-order valence-electron chi connectivity index (χ1n) is 6.64. The van der Waals surface area contributed by atoms with Crippen LogP contribution in [0.25, 0.3) is 22.9 Å². The Morgan fingerprint density at radius 3 is 2.71 bits per heavy atom. The molecule has 0 N–H and O–H groups in total. The van der Waals surface area contributed by atoms with E-state index in [4.69, 9.17) is 4.42 Å². The van der Waals surface area contributed by atoms with Crippen molar-refractivity contribution in [2.24, 2.45) is 0 Å². The van der Waals surface area contributed by atoms with Gasteiger partial charge in [0.05, 0.1) is 17.3 Å². The Morgan fingerprint density at radius 1 is 1.33 bits per heavy atom. The van der Waals surface area contributed by atoms with E-state index in [1.165, 1.54) is 41.7 Å². The minimum Gasteiger partial charge on any atom is -0.401 e. The number of thiazole rings is 1. The number of benzene rings is 1. The number of nitriles is 1. The van der Waals surface area contributed by atoms with E-state index in [1.807, 2.05) is 6.07 Å². The summed E-state index contributed by atoms with van der Waals surface area (Å²) in [6.07, 6.45) is 1.39. The zero-order chi connectivity index (χ0) is 17.1. The Morgan fingerprint density at radius 2 is 2.08 bits per heavy atom. The molecule has 1 aromatic carbocycles. The molecule has 0 amide bonds. The van der Waals surface area contributed by atoms with Crippen molar-refractivity contribution in [1.29, 1.82) is 5.26 Å². The number of furan rings is 1. The summed E-state index contributed by atoms with van der Waals surface area (Å²) in [5, 5.41) is 22.1. The SMILES string of the molecule is N#CC(=Cc1ccc([N+](=O)[O-])o1)c1nc(-c2ccc(F)cc2)cs1. The van der Waals surface area contributed by atoms with Gasteiger partial charge < -0.3 is 4.42 Å². The predicted octanol–water partition coefficient (Wildman–Crippen LogP) is 4.51. The summed E-state index contributed by atoms with van der Waals surface area (Å²) >= 11 is 1.24. The average Bonchev–Trinajstić information content (AvgIpc) is 3.23. The summed E-state index contributed by atoms with van der Waals surface area (Å²) in [7, 11) is 0. The van der Waals surface area contributed by atoms with Gasteiger partial charge in [0.1, 0.15) is 27.6 Å². The van der Waals surface area contributed by atoms with Crippen LogP contribution in [0.1, 0.15) is 10.8 Å². The molecule has 3 aromatic rings. The van der Waals surface area contributed by atoms with Crippen LogP contribution in [-0.2, 0) is 0 Å². The van der Waals surface area contributed by atoms with Crippen molar-refractivity contribution in [2.75, 3.05) is 0 Å². The van der Waals surface area contributed by atoms with Crippen LogP contribution in [0, 0.1) is 27.3 Å². The largest absolute Gasteiger partial charge is 0.433 e. The van der Waals surface area contributed by atoms with Gasteiger partial charge in [0.25, 0.3) is 0 Å². The molecule has 8 heteroatoms. The maximum absolute atomic E-state index is 13.0. The molecule has 0 aliphatic heterocycles. The number of nitro groups is 1. The minimum absolute atomic E-state index is 0.191. The van der Waals surface area contributed by atoms with Gasteiger partial charge in [0, 0.05) is 17.0 Å². The highest BCUT2D eigenvalue weighted by Gasteiger charge is 2.13. The number of hydrogen-bond acceptors (Lipinski definition) is 6. The number of halogens is 1. The van der Waals surface area contributed by atoms with Crippen molar-refractivity contribution in [3.63, 3.8) is 0 Å². The van der Waals surface area contributed by atoms with Gasteiger partial charge in [0.2, 0.25) is 0 Å². The number of nitrogens with zero attached hydrogens (tertiary/aromatic N) is 3. The highest BCUT2D eigenvalue weighted by atomic mass is 32.1. The summed E-state index contributed by atoms with van der Waals surface area (Å²) in [4.78, 5) is 14.3. The van der Waals surface area contributed by atoms with Crippen LogP contribution in [0.5, 0.6) is 0 Å². The topological polar surface area (TPSA) is 93.0 Å². The lowest BCUT2D eigenvalue weighted by atomic mass is 10.2. The Bertz CT molecular complexity index is 967. The highest BCUT2D eigenvalue weighted by Crippen LogP contribution is 2.28. The fourth-order valence-corrected chi connectivity index (χ4v) is 2.75. The molecule has 24 heavy (non-hydrogen) atoms. The van der Waals surface area contributed by atoms with Crippen LogP contribution in [0.2, 0.25) is 0 Å². The van der Waals surface area contributed by atoms with Crippen LogP contribution in [0.4, 0.5) is 10.3 Å². The average molecular weight is 341 g/mol. The molecule has 0 saturated carbocycles. The quantitative estimate of drug-likeness (QED) is 0.395. The third-order valence-electron chi connectivity index (χ3n) is 3.07. The van der Waals surface area contributed by atoms with Crippen LogP contribution in [0.15, 0.2) is 46.2 Å². The summed E-state index contributed by atoms with van der Waals surface area (Å²) in [5.41, 5.74) is 1.56. The van der Waals surface area contributed by atoms with E-state index in [-0.39, 0.29) is 17.2 Å². The number of hydrogen-bond donors (Lipinski definition) is 0. The van der Waals surface area contributed by atoms with Gasteiger partial charge in [-0.1, -0.05) is 0 Å². The van der Waals surface area contributed by atoms with Crippen LogP contribution in [0.3, 0.4) is 0 Å². The van der Waals surface area contributed by atoms with Crippen LogP contribution < -0.4 is 0 Å². The molecule has 0 aliphatic carbocycles. The van der Waals surface area contributed by atoms with E-state index in [0.29, 0.717) is 10.7 Å². The Balaban J connectivity index is 1.91. The second-order valence-corrected chi connectivity index (χ2v) is 5.51. The van der Waals surface area contributed by atoms with Crippen molar-refractivity contribution in [3.05, 3.63) is 68.5 Å². The zero-order valence-electron chi connectivity index (χ0n) is 12.0. The molecular formula is C16H8FN3O3S. The smallest absolute Gasteiger partial charge is 0.401 e. The molecule has 0 atom stereocenters. The molecule has 0 saturated heterocycles. The third-order valence-corrected chi connectivity index (χ3v) is 3.95. The molecule has 0 bridgehead atoms. The van der Waals surface area contributed by atoms with E-state index in [9.17, 15) is 19.8 Å². The van der Waals surface area contributed by atoms with Gasteiger partial charge in [-0.05, 0) is 30.3 Å². The molecule has 2 heterocycles. The summed E-state index contributed by atoms with van der Waals surface area (Å²) < 4.78 is 18.0. The van der Waals surface area contributed by atoms with E-state index in [2.05, 4.69) is 4.98 Å². The second kappa shape index (κ2) is 6.44. The lowest BCUT2D eigenvalue weighted by Crippen LogP contribution is -1.83. The zero-order valence-corrected chi connectivity index (χ0v) is 12.8. The van der Waals surface area contributed by atoms with E-state index < -0.39 is 10.8 Å². The summed E-state index contributed by atoms with van der Waals surface area (Å²) in [6.45, 7) is 0. The molecule has 0 fully saturated rings. The van der Waals surface area contributed by atoms with Gasteiger partial charge >= 0.3 is 5.88 Å². The molecule has 0 unspecified atom stereocenters. The standard InChI is InChI=1S/C16H8FN3O3S/c17-12-3-1-10(2-4-12)14-9-24-16(19-14)11(8-18)7-13-5-6-15(23-13)20(21)22/h1-7,9H. The molecule has 2 aromatic heterocycles. The van der Waals surface area contributed by atoms with Crippen LogP contribution in [-0.4, -0.2) is 9.91 Å². The Kier molecular flexibility index (Phi) is 4.18.